The molecule has 4 heterocycles. The number of aromatic nitrogens is 4. The molecule has 0 bridgehead atoms. The van der Waals surface area contributed by atoms with Gasteiger partial charge >= 0.3 is 0 Å². The highest BCUT2D eigenvalue weighted by Crippen LogP contribution is 2.44. The van der Waals surface area contributed by atoms with Crippen LogP contribution in [0.25, 0.3) is 77.7 Å². The Hall–Kier alpha value is -6.00. The summed E-state index contributed by atoms with van der Waals surface area (Å²) in [4.78, 5) is 18.8. The van der Waals surface area contributed by atoms with Crippen molar-refractivity contribution in [3.63, 3.8) is 0 Å². The van der Waals surface area contributed by atoms with Crippen molar-refractivity contribution < 1.29 is 0 Å². The highest BCUT2D eigenvalue weighted by molar-refractivity contribution is 6.21. The molecule has 206 valence electrons. The zero-order chi connectivity index (χ0) is 29.3. The molecule has 0 amide bonds. The first kappa shape index (κ1) is 25.7. The van der Waals surface area contributed by atoms with Gasteiger partial charge in [-0.1, -0.05) is 78.9 Å². The van der Waals surface area contributed by atoms with Crippen LogP contribution in [0.5, 0.6) is 0 Å². The molecule has 8 aromatic rings. The van der Waals surface area contributed by atoms with Crippen LogP contribution in [0.3, 0.4) is 0 Å². The van der Waals surface area contributed by atoms with Crippen molar-refractivity contribution in [1.29, 1.82) is 0 Å². The minimum atomic E-state index is 0.914. The Balaban J connectivity index is 1.45. The van der Waals surface area contributed by atoms with Gasteiger partial charge in [-0.2, -0.15) is 0 Å². The van der Waals surface area contributed by atoms with Crippen LogP contribution >= 0.6 is 0 Å². The zero-order valence-electron chi connectivity index (χ0n) is 23.8. The second-order valence-corrected chi connectivity index (χ2v) is 10.7. The second-order valence-electron chi connectivity index (χ2n) is 10.7. The van der Waals surface area contributed by atoms with Gasteiger partial charge in [0, 0.05) is 47.0 Å². The van der Waals surface area contributed by atoms with E-state index in [2.05, 4.69) is 119 Å². The lowest BCUT2D eigenvalue weighted by Gasteiger charge is -2.18. The van der Waals surface area contributed by atoms with E-state index in [4.69, 9.17) is 9.97 Å². The molecule has 0 aliphatic heterocycles. The Morgan fingerprint density at radius 2 is 0.773 bits per heavy atom. The molecule has 0 aliphatic carbocycles. The molecule has 0 fully saturated rings. The van der Waals surface area contributed by atoms with Crippen LogP contribution in [-0.2, 0) is 0 Å². The summed E-state index contributed by atoms with van der Waals surface area (Å²) in [7, 11) is 0. The van der Waals surface area contributed by atoms with E-state index in [1.54, 1.807) is 0 Å². The molecule has 0 spiro atoms. The fourth-order valence-electron chi connectivity index (χ4n) is 6.06. The molecule has 4 heteroatoms. The Morgan fingerprint density at radius 1 is 0.295 bits per heavy atom. The first-order valence-corrected chi connectivity index (χ1v) is 14.6. The quantitative estimate of drug-likeness (QED) is 0.196. The third-order valence-corrected chi connectivity index (χ3v) is 8.09. The van der Waals surface area contributed by atoms with Crippen LogP contribution in [0.4, 0.5) is 0 Å². The van der Waals surface area contributed by atoms with Gasteiger partial charge in [0.15, 0.2) is 0 Å². The van der Waals surface area contributed by atoms with Gasteiger partial charge in [0.1, 0.15) is 0 Å². The normalized spacial score (nSPS) is 11.2. The van der Waals surface area contributed by atoms with E-state index in [0.717, 1.165) is 72.1 Å². The van der Waals surface area contributed by atoms with E-state index in [-0.39, 0.29) is 0 Å². The number of benzene rings is 4. The van der Waals surface area contributed by atoms with Gasteiger partial charge in [-0.25, -0.2) is 9.97 Å². The molecule has 44 heavy (non-hydrogen) atoms. The molecule has 0 N–H and O–H groups in total. The van der Waals surface area contributed by atoms with Gasteiger partial charge in [-0.15, -0.1) is 0 Å². The monoisotopic (exact) mass is 562 g/mol. The lowest BCUT2D eigenvalue weighted by Crippen LogP contribution is -1.96. The predicted molar refractivity (Wildman–Crippen MR) is 180 cm³/mol. The standard InChI is InChI=1S/C40H26N4/c1-2-8-27(9-3-1)30-16-17-33-34(26-30)40(38-15-7-13-36(44-38)29-20-24-42-25-21-29)32-11-5-4-10-31(32)39(33)37-14-6-12-35(43-37)28-18-22-41-23-19-28/h1-26H. The van der Waals surface area contributed by atoms with Gasteiger partial charge < -0.3 is 0 Å². The van der Waals surface area contributed by atoms with E-state index < -0.39 is 0 Å². The fourth-order valence-corrected chi connectivity index (χ4v) is 6.06. The molecule has 0 saturated carbocycles. The van der Waals surface area contributed by atoms with Crippen molar-refractivity contribution in [2.75, 3.05) is 0 Å². The van der Waals surface area contributed by atoms with Crippen molar-refractivity contribution in [3.8, 4) is 56.2 Å². The third kappa shape index (κ3) is 4.59. The fraction of sp³-hybridized carbons (Fsp3) is 0. The van der Waals surface area contributed by atoms with E-state index in [9.17, 15) is 0 Å². The van der Waals surface area contributed by atoms with E-state index in [0.29, 0.717) is 0 Å². The molecule has 0 saturated heterocycles. The Kier molecular flexibility index (Phi) is 6.43. The lowest BCUT2D eigenvalue weighted by molar-refractivity contribution is 1.29. The molecule has 0 radical (unpaired) electrons. The summed E-state index contributed by atoms with van der Waals surface area (Å²) in [6.45, 7) is 0. The molecular formula is C40H26N4. The maximum atomic E-state index is 5.22. The molecule has 4 aromatic heterocycles. The summed E-state index contributed by atoms with van der Waals surface area (Å²) in [6, 6.07) is 46.4. The number of hydrogen-bond acceptors (Lipinski definition) is 4. The predicted octanol–water partition coefficient (Wildman–Crippen LogP) is 9.91. The Bertz CT molecular complexity index is 2260. The largest absolute Gasteiger partial charge is 0.265 e. The Morgan fingerprint density at radius 3 is 1.34 bits per heavy atom. The summed E-state index contributed by atoms with van der Waals surface area (Å²) < 4.78 is 0. The van der Waals surface area contributed by atoms with Crippen molar-refractivity contribution in [1.82, 2.24) is 19.9 Å². The van der Waals surface area contributed by atoms with Crippen LogP contribution in [-0.4, -0.2) is 19.9 Å². The summed E-state index contributed by atoms with van der Waals surface area (Å²) in [5.41, 5.74) is 10.3. The van der Waals surface area contributed by atoms with E-state index >= 15 is 0 Å². The van der Waals surface area contributed by atoms with Gasteiger partial charge in [0.05, 0.1) is 22.8 Å². The third-order valence-electron chi connectivity index (χ3n) is 8.09. The summed E-state index contributed by atoms with van der Waals surface area (Å²) in [6.07, 6.45) is 7.23. The van der Waals surface area contributed by atoms with Crippen LogP contribution in [0.15, 0.2) is 158 Å². The number of hydrogen-bond donors (Lipinski definition) is 0. The molecule has 4 nitrogen and oxygen atoms in total. The maximum Gasteiger partial charge on any atom is 0.0722 e. The SMILES string of the molecule is c1ccc(-c2ccc3c(-c4cccc(-c5ccncc5)n4)c4ccccc4c(-c4cccc(-c5ccncc5)n4)c3c2)cc1. The van der Waals surface area contributed by atoms with Crippen LogP contribution < -0.4 is 0 Å². The zero-order valence-corrected chi connectivity index (χ0v) is 23.8. The Labute approximate surface area is 255 Å². The van der Waals surface area contributed by atoms with Crippen molar-refractivity contribution in [3.05, 3.63) is 158 Å². The summed E-state index contributed by atoms with van der Waals surface area (Å²) >= 11 is 0. The first-order chi connectivity index (χ1) is 21.8. The molecule has 4 aromatic carbocycles. The second kappa shape index (κ2) is 11.0. The maximum absolute atomic E-state index is 5.22. The number of fused-ring (bicyclic) bond motifs is 2. The van der Waals surface area contributed by atoms with Gasteiger partial charge in [0.25, 0.3) is 0 Å². The molecule has 8 rings (SSSR count). The van der Waals surface area contributed by atoms with Crippen LogP contribution in [0, 0.1) is 0 Å². The minimum absolute atomic E-state index is 0.914. The summed E-state index contributed by atoms with van der Waals surface area (Å²) in [5, 5.41) is 4.54. The molecule has 0 aliphatic rings. The first-order valence-electron chi connectivity index (χ1n) is 14.6. The number of pyridine rings is 4. The average molecular weight is 563 g/mol. The van der Waals surface area contributed by atoms with Gasteiger partial charge in [0.2, 0.25) is 0 Å². The number of nitrogens with zero attached hydrogens (tertiary/aromatic N) is 4. The van der Waals surface area contributed by atoms with Crippen LogP contribution in [0.1, 0.15) is 0 Å². The highest BCUT2D eigenvalue weighted by Gasteiger charge is 2.19. The average Bonchev–Trinajstić information content (AvgIpc) is 3.11. The van der Waals surface area contributed by atoms with E-state index in [1.807, 2.05) is 49.1 Å². The molecule has 0 unspecified atom stereocenters. The molecular weight excluding hydrogens is 536 g/mol. The van der Waals surface area contributed by atoms with Gasteiger partial charge in [-0.3, -0.25) is 9.97 Å². The van der Waals surface area contributed by atoms with Crippen molar-refractivity contribution >= 4 is 21.5 Å². The van der Waals surface area contributed by atoms with Gasteiger partial charge in [-0.05, 0) is 87.3 Å². The molecule has 0 atom stereocenters. The number of rotatable bonds is 5. The minimum Gasteiger partial charge on any atom is -0.265 e. The highest BCUT2D eigenvalue weighted by atomic mass is 14.7. The summed E-state index contributed by atoms with van der Waals surface area (Å²) in [5.74, 6) is 0. The topological polar surface area (TPSA) is 51.6 Å². The smallest absolute Gasteiger partial charge is 0.0722 e. The van der Waals surface area contributed by atoms with Crippen molar-refractivity contribution in [2.45, 2.75) is 0 Å². The van der Waals surface area contributed by atoms with Crippen LogP contribution in [0.2, 0.25) is 0 Å². The van der Waals surface area contributed by atoms with E-state index in [1.165, 1.54) is 5.56 Å². The lowest BCUT2D eigenvalue weighted by atomic mass is 9.87. The van der Waals surface area contributed by atoms with Crippen molar-refractivity contribution in [2.24, 2.45) is 0 Å².